The van der Waals surface area contributed by atoms with Crippen LogP contribution in [0.25, 0.3) is 0 Å². The Kier molecular flexibility index (Phi) is 4.73. The van der Waals surface area contributed by atoms with Crippen LogP contribution in [0, 0.1) is 11.3 Å². The first-order chi connectivity index (χ1) is 13.3. The summed E-state index contributed by atoms with van der Waals surface area (Å²) in [5.41, 5.74) is 3.35. The summed E-state index contributed by atoms with van der Waals surface area (Å²) in [5.74, 6) is 0.817. The van der Waals surface area contributed by atoms with Crippen molar-refractivity contribution in [2.24, 2.45) is 0 Å². The largest absolute Gasteiger partial charge is 0.497 e. The number of hydrogen-bond acceptors (Lipinski definition) is 6. The molecule has 0 saturated carbocycles. The Hall–Kier alpha value is -3.37. The minimum Gasteiger partial charge on any atom is -0.497 e. The summed E-state index contributed by atoms with van der Waals surface area (Å²) in [6.07, 6.45) is 1.60. The van der Waals surface area contributed by atoms with Gasteiger partial charge in [0.2, 0.25) is 0 Å². The summed E-state index contributed by atoms with van der Waals surface area (Å²) in [6.45, 7) is 1.90. The molecule has 4 rings (SSSR count). The molecule has 1 atom stereocenters. The number of nitrogens with zero attached hydrogens (tertiary/aromatic N) is 5. The highest BCUT2D eigenvalue weighted by molar-refractivity contribution is 5.50. The molecular weight excluding hydrogens is 342 g/mol. The van der Waals surface area contributed by atoms with E-state index in [9.17, 15) is 5.26 Å². The van der Waals surface area contributed by atoms with E-state index in [4.69, 9.17) is 9.47 Å². The monoisotopic (exact) mass is 361 g/mol. The van der Waals surface area contributed by atoms with Crippen LogP contribution in [0.4, 0.5) is 5.69 Å². The lowest BCUT2D eigenvalue weighted by atomic mass is 10.1. The number of anilines is 1. The lowest BCUT2D eigenvalue weighted by molar-refractivity contribution is 0.110. The predicted octanol–water partition coefficient (Wildman–Crippen LogP) is 2.74. The maximum absolute atomic E-state index is 9.24. The standard InChI is InChI=1S/C20H19N5O2/c1-26-18-8-6-17(7-9-18)25-10-11-27-20(25)19-14-24(23-22-19)13-16-5-3-2-4-15(16)12-21/h2-9,14,20H,10-11,13H2,1H3. The van der Waals surface area contributed by atoms with Crippen molar-refractivity contribution in [1.82, 2.24) is 15.0 Å². The molecule has 0 amide bonds. The number of ether oxygens (including phenoxy) is 2. The molecule has 0 spiro atoms. The second-order valence-corrected chi connectivity index (χ2v) is 6.22. The zero-order valence-electron chi connectivity index (χ0n) is 14.9. The Morgan fingerprint density at radius 2 is 2.04 bits per heavy atom. The minimum absolute atomic E-state index is 0.279. The van der Waals surface area contributed by atoms with E-state index in [1.807, 2.05) is 48.7 Å². The molecule has 136 valence electrons. The van der Waals surface area contributed by atoms with Gasteiger partial charge in [-0.1, -0.05) is 23.4 Å². The number of rotatable bonds is 5. The summed E-state index contributed by atoms with van der Waals surface area (Å²) < 4.78 is 12.9. The van der Waals surface area contributed by atoms with Crippen LogP contribution in [0.3, 0.4) is 0 Å². The van der Waals surface area contributed by atoms with Crippen molar-refractivity contribution in [3.63, 3.8) is 0 Å². The van der Waals surface area contributed by atoms with Crippen LogP contribution >= 0.6 is 0 Å². The van der Waals surface area contributed by atoms with Crippen LogP contribution in [0.5, 0.6) is 5.75 Å². The molecule has 1 saturated heterocycles. The third-order valence-corrected chi connectivity index (χ3v) is 4.57. The molecule has 1 aliphatic rings. The molecule has 0 radical (unpaired) electrons. The van der Waals surface area contributed by atoms with Crippen molar-refractivity contribution in [1.29, 1.82) is 5.26 Å². The second kappa shape index (κ2) is 7.48. The van der Waals surface area contributed by atoms with Gasteiger partial charge in [-0.05, 0) is 35.9 Å². The van der Waals surface area contributed by atoms with Crippen LogP contribution in [-0.4, -0.2) is 35.3 Å². The van der Waals surface area contributed by atoms with E-state index < -0.39 is 0 Å². The van der Waals surface area contributed by atoms with E-state index >= 15 is 0 Å². The Labute approximate surface area is 157 Å². The Morgan fingerprint density at radius 3 is 2.81 bits per heavy atom. The average molecular weight is 361 g/mol. The van der Waals surface area contributed by atoms with Crippen molar-refractivity contribution >= 4 is 5.69 Å². The molecule has 2 aromatic carbocycles. The van der Waals surface area contributed by atoms with Crippen LogP contribution in [-0.2, 0) is 11.3 Å². The molecular formula is C20H19N5O2. The van der Waals surface area contributed by atoms with Crippen molar-refractivity contribution < 1.29 is 9.47 Å². The predicted molar refractivity (Wildman–Crippen MR) is 99.3 cm³/mol. The Balaban J connectivity index is 1.54. The van der Waals surface area contributed by atoms with Crippen LogP contribution in [0.15, 0.2) is 54.7 Å². The third-order valence-electron chi connectivity index (χ3n) is 4.57. The van der Waals surface area contributed by atoms with Gasteiger partial charge < -0.3 is 14.4 Å². The summed E-state index contributed by atoms with van der Waals surface area (Å²) in [7, 11) is 1.65. The van der Waals surface area contributed by atoms with Gasteiger partial charge in [-0.2, -0.15) is 5.26 Å². The Morgan fingerprint density at radius 1 is 1.22 bits per heavy atom. The molecule has 27 heavy (non-hydrogen) atoms. The fourth-order valence-electron chi connectivity index (χ4n) is 3.20. The van der Waals surface area contributed by atoms with E-state index in [-0.39, 0.29) is 6.23 Å². The van der Waals surface area contributed by atoms with Gasteiger partial charge in [0.15, 0.2) is 6.23 Å². The fraction of sp³-hybridized carbons (Fsp3) is 0.250. The second-order valence-electron chi connectivity index (χ2n) is 6.22. The molecule has 3 aromatic rings. The summed E-state index contributed by atoms with van der Waals surface area (Å²) >= 11 is 0. The van der Waals surface area contributed by atoms with Crippen molar-refractivity contribution in [2.45, 2.75) is 12.8 Å². The molecule has 0 bridgehead atoms. The molecule has 1 unspecified atom stereocenters. The maximum atomic E-state index is 9.24. The smallest absolute Gasteiger partial charge is 0.177 e. The number of benzene rings is 2. The molecule has 1 fully saturated rings. The van der Waals surface area contributed by atoms with Gasteiger partial charge in [0.25, 0.3) is 0 Å². The highest BCUT2D eigenvalue weighted by Gasteiger charge is 2.29. The average Bonchev–Trinajstić information content (AvgIpc) is 3.38. The number of aromatic nitrogens is 3. The highest BCUT2D eigenvalue weighted by atomic mass is 16.5. The lowest BCUT2D eigenvalue weighted by Gasteiger charge is -2.23. The van der Waals surface area contributed by atoms with Crippen molar-refractivity contribution in [3.05, 3.63) is 71.5 Å². The molecule has 1 aliphatic heterocycles. The number of hydrogen-bond donors (Lipinski definition) is 0. The van der Waals surface area contributed by atoms with Gasteiger partial charge in [-0.25, -0.2) is 4.68 Å². The van der Waals surface area contributed by atoms with Gasteiger partial charge >= 0.3 is 0 Å². The lowest BCUT2D eigenvalue weighted by Crippen LogP contribution is -2.23. The first-order valence-corrected chi connectivity index (χ1v) is 8.69. The van der Waals surface area contributed by atoms with E-state index in [0.717, 1.165) is 29.2 Å². The Bertz CT molecular complexity index is 961. The minimum atomic E-state index is -0.279. The summed E-state index contributed by atoms with van der Waals surface area (Å²) in [4.78, 5) is 2.15. The van der Waals surface area contributed by atoms with Crippen LogP contribution < -0.4 is 9.64 Å². The van der Waals surface area contributed by atoms with Gasteiger partial charge in [0.1, 0.15) is 11.4 Å². The normalized spacial score (nSPS) is 16.3. The zero-order valence-corrected chi connectivity index (χ0v) is 14.9. The summed E-state index contributed by atoms with van der Waals surface area (Å²) in [5, 5.41) is 17.8. The van der Waals surface area contributed by atoms with Gasteiger partial charge in [-0.15, -0.1) is 5.10 Å². The maximum Gasteiger partial charge on any atom is 0.177 e. The number of methoxy groups -OCH3 is 1. The molecule has 7 heteroatoms. The quantitative estimate of drug-likeness (QED) is 0.695. The first-order valence-electron chi connectivity index (χ1n) is 8.69. The van der Waals surface area contributed by atoms with E-state index in [2.05, 4.69) is 21.3 Å². The molecule has 7 nitrogen and oxygen atoms in total. The van der Waals surface area contributed by atoms with Crippen LogP contribution in [0.2, 0.25) is 0 Å². The highest BCUT2D eigenvalue weighted by Crippen LogP contribution is 2.32. The molecule has 2 heterocycles. The van der Waals surface area contributed by atoms with Crippen molar-refractivity contribution in [2.75, 3.05) is 25.2 Å². The summed E-state index contributed by atoms with van der Waals surface area (Å²) in [6, 6.07) is 17.6. The van der Waals surface area contributed by atoms with Gasteiger partial charge in [-0.3, -0.25) is 0 Å². The molecule has 1 aromatic heterocycles. The van der Waals surface area contributed by atoms with Gasteiger partial charge in [0, 0.05) is 12.2 Å². The SMILES string of the molecule is COc1ccc(N2CCOC2c2cn(Cc3ccccc3C#N)nn2)cc1. The first kappa shape index (κ1) is 17.1. The third kappa shape index (κ3) is 3.48. The zero-order chi connectivity index (χ0) is 18.6. The molecule has 0 aliphatic carbocycles. The van der Waals surface area contributed by atoms with E-state index in [1.54, 1.807) is 17.9 Å². The molecule has 0 N–H and O–H groups in total. The van der Waals surface area contributed by atoms with Crippen LogP contribution in [0.1, 0.15) is 23.0 Å². The van der Waals surface area contributed by atoms with Crippen molar-refractivity contribution in [3.8, 4) is 11.8 Å². The fourth-order valence-corrected chi connectivity index (χ4v) is 3.20. The number of nitriles is 1. The van der Waals surface area contributed by atoms with E-state index in [1.165, 1.54) is 0 Å². The van der Waals surface area contributed by atoms with Gasteiger partial charge in [0.05, 0.1) is 38.1 Å². The topological polar surface area (TPSA) is 76.2 Å². The van der Waals surface area contributed by atoms with E-state index in [0.29, 0.717) is 18.7 Å².